The predicted molar refractivity (Wildman–Crippen MR) is 108 cm³/mol. The second-order valence-electron chi connectivity index (χ2n) is 8.58. The molecule has 0 spiro atoms. The zero-order chi connectivity index (χ0) is 18.0. The maximum Gasteiger partial charge on any atom is 0.461 e. The Bertz CT molecular complexity index is 596. The van der Waals surface area contributed by atoms with E-state index < -0.39 is 8.07 Å². The van der Waals surface area contributed by atoms with Crippen molar-refractivity contribution >= 4 is 21.3 Å². The Hall–Kier alpha value is -1.10. The van der Waals surface area contributed by atoms with Gasteiger partial charge in [-0.1, -0.05) is 73.4 Å². The Morgan fingerprint density at radius 2 is 1.54 bits per heavy atom. The third kappa shape index (κ3) is 4.72. The lowest BCUT2D eigenvalue weighted by Gasteiger charge is -2.32. The van der Waals surface area contributed by atoms with Crippen molar-refractivity contribution < 1.29 is 9.31 Å². The number of allylic oxidation sites excluding steroid dienone is 3. The van der Waals surface area contributed by atoms with Gasteiger partial charge in [-0.25, -0.2) is 0 Å². The van der Waals surface area contributed by atoms with Gasteiger partial charge in [0.25, 0.3) is 0 Å². The first-order chi connectivity index (χ1) is 11.0. The van der Waals surface area contributed by atoms with Crippen LogP contribution in [0.1, 0.15) is 33.3 Å². The molecule has 4 heteroatoms. The average Bonchev–Trinajstić information content (AvgIpc) is 2.66. The molecule has 0 unspecified atom stereocenters. The van der Waals surface area contributed by atoms with Gasteiger partial charge in [-0.15, -0.1) is 0 Å². The van der Waals surface area contributed by atoms with E-state index in [4.69, 9.17) is 9.31 Å². The van der Waals surface area contributed by atoms with Crippen molar-refractivity contribution in [2.75, 3.05) is 0 Å². The summed E-state index contributed by atoms with van der Waals surface area (Å²) in [6, 6.07) is 10.5. The summed E-state index contributed by atoms with van der Waals surface area (Å²) in [6.07, 6.45) is 7.58. The molecule has 1 aromatic rings. The molecular weight excluding hydrogens is 311 g/mol. The van der Waals surface area contributed by atoms with E-state index in [0.717, 1.165) is 6.32 Å². The third-order valence-corrected chi connectivity index (χ3v) is 7.06. The van der Waals surface area contributed by atoms with Gasteiger partial charge in [0.05, 0.1) is 19.3 Å². The molecule has 1 aliphatic rings. The Kier molecular flexibility index (Phi) is 5.63. The standard InChI is InChI=1S/C20H31BO2Si/c1-19(2)20(3,4)23-21(22-19)16-15-18(24(5,6)7)14-13-17-11-9-8-10-12-17/h8-15H,16H2,1-7H3/b14-13-,18-15-. The van der Waals surface area contributed by atoms with Crippen LogP contribution in [0.3, 0.4) is 0 Å². The summed E-state index contributed by atoms with van der Waals surface area (Å²) in [7, 11) is -1.58. The third-order valence-electron chi connectivity index (χ3n) is 4.95. The van der Waals surface area contributed by atoms with Crippen molar-refractivity contribution in [2.24, 2.45) is 0 Å². The van der Waals surface area contributed by atoms with Crippen molar-refractivity contribution in [3.05, 3.63) is 53.2 Å². The molecule has 0 amide bonds. The van der Waals surface area contributed by atoms with Crippen molar-refractivity contribution in [3.63, 3.8) is 0 Å². The highest BCUT2D eigenvalue weighted by Gasteiger charge is 2.50. The van der Waals surface area contributed by atoms with Gasteiger partial charge in [0.1, 0.15) is 0 Å². The molecule has 1 saturated heterocycles. The molecule has 2 nitrogen and oxygen atoms in total. The minimum atomic E-state index is -1.42. The molecule has 0 aromatic heterocycles. The van der Waals surface area contributed by atoms with Gasteiger partial charge in [-0.05, 0) is 33.3 Å². The summed E-state index contributed by atoms with van der Waals surface area (Å²) >= 11 is 0. The summed E-state index contributed by atoms with van der Waals surface area (Å²) in [6.45, 7) is 15.5. The van der Waals surface area contributed by atoms with Gasteiger partial charge in [-0.3, -0.25) is 0 Å². The smallest absolute Gasteiger partial charge is 0.403 e. The summed E-state index contributed by atoms with van der Waals surface area (Å²) in [4.78, 5) is 0. The topological polar surface area (TPSA) is 18.5 Å². The van der Waals surface area contributed by atoms with E-state index >= 15 is 0 Å². The summed E-state index contributed by atoms with van der Waals surface area (Å²) in [5, 5.41) is 1.43. The second-order valence-corrected chi connectivity index (χ2v) is 13.7. The first kappa shape index (κ1) is 19.2. The van der Waals surface area contributed by atoms with Crippen LogP contribution in [0, 0.1) is 0 Å². The Labute approximate surface area is 149 Å². The fraction of sp³-hybridized carbons (Fsp3) is 0.500. The van der Waals surface area contributed by atoms with Crippen molar-refractivity contribution in [3.8, 4) is 0 Å². The lowest BCUT2D eigenvalue weighted by molar-refractivity contribution is 0.00578. The van der Waals surface area contributed by atoms with Crippen LogP contribution in [0.2, 0.25) is 26.0 Å². The molecule has 0 atom stereocenters. The minimum absolute atomic E-state index is 0.161. The van der Waals surface area contributed by atoms with E-state index in [9.17, 15) is 0 Å². The number of benzene rings is 1. The maximum absolute atomic E-state index is 6.11. The van der Waals surface area contributed by atoms with Crippen LogP contribution in [-0.2, 0) is 9.31 Å². The minimum Gasteiger partial charge on any atom is -0.403 e. The Morgan fingerprint density at radius 3 is 2.04 bits per heavy atom. The summed E-state index contributed by atoms with van der Waals surface area (Å²) in [5.74, 6) is 0. The summed E-state index contributed by atoms with van der Waals surface area (Å²) < 4.78 is 12.2. The number of hydrogen-bond donors (Lipinski definition) is 0. The maximum atomic E-state index is 6.11. The lowest BCUT2D eigenvalue weighted by Crippen LogP contribution is -2.41. The number of rotatable bonds is 5. The van der Waals surface area contributed by atoms with Gasteiger partial charge in [0, 0.05) is 6.32 Å². The summed E-state index contributed by atoms with van der Waals surface area (Å²) in [5.41, 5.74) is 0.715. The largest absolute Gasteiger partial charge is 0.461 e. The Balaban J connectivity index is 2.12. The molecule has 130 valence electrons. The molecule has 1 heterocycles. The SMILES string of the molecule is CC1(C)OB(C/C=C(/C=C\c2ccccc2)[Si](C)(C)C)OC1(C)C. The van der Waals surface area contributed by atoms with Gasteiger partial charge < -0.3 is 9.31 Å². The molecule has 2 rings (SSSR count). The fourth-order valence-electron chi connectivity index (χ4n) is 2.66. The van der Waals surface area contributed by atoms with Crippen LogP contribution in [0.15, 0.2) is 47.7 Å². The van der Waals surface area contributed by atoms with E-state index in [1.807, 2.05) is 6.07 Å². The van der Waals surface area contributed by atoms with Crippen LogP contribution in [-0.4, -0.2) is 26.4 Å². The van der Waals surface area contributed by atoms with Crippen LogP contribution in [0.4, 0.5) is 0 Å². The molecule has 0 radical (unpaired) electrons. The zero-order valence-corrected chi connectivity index (χ0v) is 17.2. The molecule has 0 aliphatic carbocycles. The van der Waals surface area contributed by atoms with Crippen LogP contribution >= 0.6 is 0 Å². The molecule has 0 N–H and O–H groups in total. The van der Waals surface area contributed by atoms with Crippen LogP contribution < -0.4 is 0 Å². The van der Waals surface area contributed by atoms with E-state index in [2.05, 4.69) is 89.8 Å². The van der Waals surface area contributed by atoms with Gasteiger partial charge in [0.15, 0.2) is 0 Å². The van der Waals surface area contributed by atoms with Crippen LogP contribution in [0.5, 0.6) is 0 Å². The van der Waals surface area contributed by atoms with E-state index in [1.165, 1.54) is 10.8 Å². The monoisotopic (exact) mass is 342 g/mol. The highest BCUT2D eigenvalue weighted by molar-refractivity contribution is 6.83. The highest BCUT2D eigenvalue weighted by atomic mass is 28.3. The van der Waals surface area contributed by atoms with Crippen molar-refractivity contribution in [2.45, 2.75) is 64.9 Å². The van der Waals surface area contributed by atoms with Crippen molar-refractivity contribution in [1.29, 1.82) is 0 Å². The molecule has 1 aromatic carbocycles. The normalized spacial score (nSPS) is 20.8. The Morgan fingerprint density at radius 1 is 1.00 bits per heavy atom. The zero-order valence-electron chi connectivity index (χ0n) is 16.2. The van der Waals surface area contributed by atoms with Crippen molar-refractivity contribution in [1.82, 2.24) is 0 Å². The predicted octanol–water partition coefficient (Wildman–Crippen LogP) is 5.60. The molecule has 1 fully saturated rings. The van der Waals surface area contributed by atoms with E-state index in [-0.39, 0.29) is 18.3 Å². The lowest BCUT2D eigenvalue weighted by atomic mass is 9.85. The second kappa shape index (κ2) is 7.03. The van der Waals surface area contributed by atoms with E-state index in [1.54, 1.807) is 0 Å². The quantitative estimate of drug-likeness (QED) is 0.512. The van der Waals surface area contributed by atoms with Gasteiger partial charge >= 0.3 is 7.12 Å². The molecule has 1 aliphatic heterocycles. The van der Waals surface area contributed by atoms with Gasteiger partial charge in [-0.2, -0.15) is 0 Å². The molecule has 0 saturated carbocycles. The average molecular weight is 342 g/mol. The molecule has 24 heavy (non-hydrogen) atoms. The fourth-order valence-corrected chi connectivity index (χ4v) is 3.97. The molecular formula is C20H31BO2Si. The van der Waals surface area contributed by atoms with Crippen LogP contribution in [0.25, 0.3) is 6.08 Å². The highest BCUT2D eigenvalue weighted by Crippen LogP contribution is 2.38. The van der Waals surface area contributed by atoms with E-state index in [0.29, 0.717) is 0 Å². The number of hydrogen-bond acceptors (Lipinski definition) is 2. The van der Waals surface area contributed by atoms with Gasteiger partial charge in [0.2, 0.25) is 0 Å². The molecule has 0 bridgehead atoms. The first-order valence-electron chi connectivity index (χ1n) is 8.81. The first-order valence-corrected chi connectivity index (χ1v) is 12.3.